The molecule has 1 aromatic heterocycles. The van der Waals surface area contributed by atoms with Crippen molar-refractivity contribution < 1.29 is 8.42 Å². The van der Waals surface area contributed by atoms with Crippen molar-refractivity contribution in [3.63, 3.8) is 0 Å². The molecule has 0 aliphatic rings. The summed E-state index contributed by atoms with van der Waals surface area (Å²) in [4.78, 5) is 0.278. The minimum atomic E-state index is -3.50. The van der Waals surface area contributed by atoms with Crippen LogP contribution in [-0.4, -0.2) is 43.2 Å². The van der Waals surface area contributed by atoms with E-state index in [-0.39, 0.29) is 10.9 Å². The van der Waals surface area contributed by atoms with E-state index in [4.69, 9.17) is 0 Å². The fourth-order valence-electron chi connectivity index (χ4n) is 1.90. The predicted octanol–water partition coefficient (Wildman–Crippen LogP) is 1.64. The summed E-state index contributed by atoms with van der Waals surface area (Å²) in [5.41, 5.74) is 1.12. The van der Waals surface area contributed by atoms with Crippen molar-refractivity contribution >= 4 is 21.8 Å². The lowest BCUT2D eigenvalue weighted by molar-refractivity contribution is 0.562. The third-order valence-electron chi connectivity index (χ3n) is 2.98. The number of aromatic nitrogens is 2. The summed E-state index contributed by atoms with van der Waals surface area (Å²) in [6.07, 6.45) is 3.90. The Balaban J connectivity index is 2.71. The van der Waals surface area contributed by atoms with Crippen LogP contribution >= 0.6 is 11.8 Å². The van der Waals surface area contributed by atoms with E-state index in [0.29, 0.717) is 24.5 Å². The number of aryl methyl sites for hydroxylation is 1. The molecule has 1 aromatic rings. The molecular formula is C13H26N4O2S2. The van der Waals surface area contributed by atoms with Gasteiger partial charge in [-0.15, -0.1) is 0 Å². The first-order chi connectivity index (χ1) is 9.88. The van der Waals surface area contributed by atoms with E-state index in [1.807, 2.05) is 20.1 Å². The summed E-state index contributed by atoms with van der Waals surface area (Å²) >= 11 is 1.77. The van der Waals surface area contributed by atoms with Crippen molar-refractivity contribution in [2.75, 3.05) is 18.6 Å². The van der Waals surface area contributed by atoms with E-state index >= 15 is 0 Å². The highest BCUT2D eigenvalue weighted by Crippen LogP contribution is 2.17. The van der Waals surface area contributed by atoms with Crippen LogP contribution in [0.15, 0.2) is 4.90 Å². The molecule has 1 rings (SSSR count). The van der Waals surface area contributed by atoms with Gasteiger partial charge in [0, 0.05) is 19.1 Å². The molecule has 0 spiro atoms. The summed E-state index contributed by atoms with van der Waals surface area (Å²) in [6.45, 7) is 6.65. The van der Waals surface area contributed by atoms with Gasteiger partial charge >= 0.3 is 0 Å². The zero-order valence-corrected chi connectivity index (χ0v) is 14.8. The second-order valence-electron chi connectivity index (χ2n) is 5.26. The van der Waals surface area contributed by atoms with Gasteiger partial charge in [0.15, 0.2) is 0 Å². The van der Waals surface area contributed by atoms with E-state index in [2.05, 4.69) is 20.2 Å². The van der Waals surface area contributed by atoms with Crippen LogP contribution in [0.1, 0.15) is 38.1 Å². The molecule has 0 saturated heterocycles. The molecule has 0 aliphatic heterocycles. The lowest BCUT2D eigenvalue weighted by Crippen LogP contribution is -2.28. The summed E-state index contributed by atoms with van der Waals surface area (Å²) in [5, 5.41) is 10.1. The average Bonchev–Trinajstić information content (AvgIpc) is 2.78. The number of unbranched alkanes of at least 4 members (excludes halogenated alkanes) is 1. The largest absolute Gasteiger partial charge is 0.309 e. The highest BCUT2D eigenvalue weighted by Gasteiger charge is 2.23. The van der Waals surface area contributed by atoms with E-state index in [1.54, 1.807) is 18.7 Å². The zero-order chi connectivity index (χ0) is 15.9. The lowest BCUT2D eigenvalue weighted by atomic mass is 10.3. The maximum atomic E-state index is 12.4. The molecule has 3 N–H and O–H groups in total. The molecule has 0 radical (unpaired) electrons. The third kappa shape index (κ3) is 5.98. The molecule has 0 saturated carbocycles. The molecule has 6 nitrogen and oxygen atoms in total. The van der Waals surface area contributed by atoms with Gasteiger partial charge in [-0.25, -0.2) is 13.1 Å². The van der Waals surface area contributed by atoms with Crippen LogP contribution in [0, 0.1) is 6.92 Å². The van der Waals surface area contributed by atoms with Crippen LogP contribution in [0.4, 0.5) is 0 Å². The lowest BCUT2D eigenvalue weighted by Gasteiger charge is -2.10. The molecule has 0 aromatic carbocycles. The third-order valence-corrected chi connectivity index (χ3v) is 5.34. The van der Waals surface area contributed by atoms with E-state index in [9.17, 15) is 8.42 Å². The number of nitrogens with one attached hydrogen (secondary N) is 3. The number of rotatable bonds is 10. The molecular weight excluding hydrogens is 308 g/mol. The van der Waals surface area contributed by atoms with Gasteiger partial charge in [-0.2, -0.15) is 16.9 Å². The second-order valence-corrected chi connectivity index (χ2v) is 7.95. The highest BCUT2D eigenvalue weighted by molar-refractivity contribution is 7.98. The van der Waals surface area contributed by atoms with Crippen molar-refractivity contribution in [1.82, 2.24) is 20.2 Å². The second kappa shape index (κ2) is 8.77. The molecule has 0 amide bonds. The minimum absolute atomic E-state index is 0.275. The number of sulfonamides is 1. The van der Waals surface area contributed by atoms with E-state index in [0.717, 1.165) is 18.6 Å². The highest BCUT2D eigenvalue weighted by atomic mass is 32.2. The molecule has 21 heavy (non-hydrogen) atoms. The quantitative estimate of drug-likeness (QED) is 0.566. The number of aromatic amines is 1. The van der Waals surface area contributed by atoms with Gasteiger partial charge in [-0.3, -0.25) is 5.10 Å². The van der Waals surface area contributed by atoms with Crippen LogP contribution in [-0.2, 0) is 16.6 Å². The Morgan fingerprint density at radius 1 is 1.33 bits per heavy atom. The van der Waals surface area contributed by atoms with Gasteiger partial charge in [-0.1, -0.05) is 13.8 Å². The summed E-state index contributed by atoms with van der Waals surface area (Å²) in [6, 6.07) is 0.275. The van der Waals surface area contributed by atoms with E-state index < -0.39 is 10.0 Å². The first-order valence-corrected chi connectivity index (χ1v) is 10.0. The van der Waals surface area contributed by atoms with Crippen LogP contribution in [0.25, 0.3) is 0 Å². The Morgan fingerprint density at radius 2 is 2.05 bits per heavy atom. The molecule has 0 unspecified atom stereocenters. The molecule has 0 fully saturated rings. The van der Waals surface area contributed by atoms with Crippen LogP contribution in [0.2, 0.25) is 0 Å². The number of H-pyrrole nitrogens is 1. The Bertz CT molecular complexity index is 526. The summed E-state index contributed by atoms with van der Waals surface area (Å²) in [5.74, 6) is 1.05. The Labute approximate surface area is 131 Å². The van der Waals surface area contributed by atoms with E-state index in [1.165, 1.54) is 0 Å². The molecule has 8 heteroatoms. The smallest absolute Gasteiger partial charge is 0.244 e. The van der Waals surface area contributed by atoms with Gasteiger partial charge in [0.25, 0.3) is 0 Å². The molecule has 0 aliphatic carbocycles. The summed E-state index contributed by atoms with van der Waals surface area (Å²) < 4.78 is 27.5. The predicted molar refractivity (Wildman–Crippen MR) is 88.1 cm³/mol. The van der Waals surface area contributed by atoms with Gasteiger partial charge in [0.2, 0.25) is 10.0 Å². The van der Waals surface area contributed by atoms with Gasteiger partial charge in [0.05, 0.1) is 11.4 Å². The minimum Gasteiger partial charge on any atom is -0.309 e. The molecule has 122 valence electrons. The number of nitrogens with zero attached hydrogens (tertiary/aromatic N) is 1. The fraction of sp³-hybridized carbons (Fsp3) is 0.769. The van der Waals surface area contributed by atoms with Crippen LogP contribution < -0.4 is 10.0 Å². The van der Waals surface area contributed by atoms with Gasteiger partial charge in [-0.05, 0) is 31.8 Å². The maximum Gasteiger partial charge on any atom is 0.244 e. The monoisotopic (exact) mass is 334 g/mol. The van der Waals surface area contributed by atoms with Crippen molar-refractivity contribution in [2.24, 2.45) is 0 Å². The van der Waals surface area contributed by atoms with Crippen molar-refractivity contribution in [1.29, 1.82) is 0 Å². The fourth-order valence-corrected chi connectivity index (χ4v) is 3.82. The number of hydrogen-bond acceptors (Lipinski definition) is 5. The van der Waals surface area contributed by atoms with Crippen molar-refractivity contribution in [3.8, 4) is 0 Å². The Hall–Kier alpha value is -0.570. The average molecular weight is 335 g/mol. The first kappa shape index (κ1) is 18.5. The topological polar surface area (TPSA) is 86.9 Å². The van der Waals surface area contributed by atoms with Crippen molar-refractivity contribution in [2.45, 2.75) is 51.1 Å². The Kier molecular flexibility index (Phi) is 7.72. The first-order valence-electron chi connectivity index (χ1n) is 7.14. The zero-order valence-electron chi connectivity index (χ0n) is 13.2. The maximum absolute atomic E-state index is 12.4. The van der Waals surface area contributed by atoms with Crippen LogP contribution in [0.5, 0.6) is 0 Å². The normalized spacial score (nSPS) is 12.2. The SMILES string of the molecule is CSCCCCNS(=O)(=O)c1c(CNC(C)C)n[nH]c1C. The Morgan fingerprint density at radius 3 is 2.67 bits per heavy atom. The standard InChI is InChI=1S/C13H26N4O2S2/c1-10(2)14-9-12-13(11(3)16-17-12)21(18,19)15-7-5-6-8-20-4/h10,14-15H,5-9H2,1-4H3,(H,16,17). The van der Waals surface area contributed by atoms with Crippen LogP contribution in [0.3, 0.4) is 0 Å². The van der Waals surface area contributed by atoms with Gasteiger partial charge in [0.1, 0.15) is 4.90 Å². The number of thioether (sulfide) groups is 1. The number of hydrogen-bond donors (Lipinski definition) is 3. The molecule has 0 bridgehead atoms. The molecule has 1 heterocycles. The summed E-state index contributed by atoms with van der Waals surface area (Å²) in [7, 11) is -3.50. The molecule has 0 atom stereocenters. The van der Waals surface area contributed by atoms with Crippen molar-refractivity contribution in [3.05, 3.63) is 11.4 Å². The van der Waals surface area contributed by atoms with Gasteiger partial charge < -0.3 is 5.32 Å².